The average Bonchev–Trinajstić information content (AvgIpc) is 2.68. The van der Waals surface area contributed by atoms with Crippen LogP contribution in [0.4, 0.5) is 0 Å². The number of para-hydroxylation sites is 1. The van der Waals surface area contributed by atoms with Crippen LogP contribution in [-0.4, -0.2) is 65.8 Å². The Hall–Kier alpha value is -2.67. The standard InChI is InChI=1S/C20H26N4O3/c1-14-7-5-6-8-16(14)24-18(25)13-17(27-4)19(21-24)20(26)23(3)15-9-11-22(2)12-10-15/h5-8,13,15H,9-12H2,1-4H3. The number of hydrogen-bond acceptors (Lipinski definition) is 5. The van der Waals surface area contributed by atoms with Crippen molar-refractivity contribution in [3.05, 3.63) is 51.9 Å². The van der Waals surface area contributed by atoms with Gasteiger partial charge in [0.05, 0.1) is 18.9 Å². The number of aryl methyl sites for hydroxylation is 1. The van der Waals surface area contributed by atoms with Crippen LogP contribution in [0, 0.1) is 6.92 Å². The molecule has 7 heteroatoms. The molecule has 0 N–H and O–H groups in total. The molecule has 7 nitrogen and oxygen atoms in total. The van der Waals surface area contributed by atoms with E-state index in [1.807, 2.05) is 31.2 Å². The van der Waals surface area contributed by atoms with Gasteiger partial charge in [-0.1, -0.05) is 18.2 Å². The second-order valence-corrected chi connectivity index (χ2v) is 7.05. The highest BCUT2D eigenvalue weighted by atomic mass is 16.5. The van der Waals surface area contributed by atoms with Crippen molar-refractivity contribution in [2.24, 2.45) is 0 Å². The van der Waals surface area contributed by atoms with Gasteiger partial charge in [0.25, 0.3) is 11.5 Å². The highest BCUT2D eigenvalue weighted by molar-refractivity contribution is 5.94. The molecule has 0 atom stereocenters. The van der Waals surface area contributed by atoms with Gasteiger partial charge in [-0.25, -0.2) is 0 Å². The maximum absolute atomic E-state index is 13.1. The summed E-state index contributed by atoms with van der Waals surface area (Å²) in [4.78, 5) is 29.6. The van der Waals surface area contributed by atoms with E-state index in [9.17, 15) is 9.59 Å². The van der Waals surface area contributed by atoms with E-state index in [4.69, 9.17) is 4.74 Å². The number of rotatable bonds is 4. The second-order valence-electron chi connectivity index (χ2n) is 7.05. The zero-order chi connectivity index (χ0) is 19.6. The van der Waals surface area contributed by atoms with Gasteiger partial charge in [-0.2, -0.15) is 9.78 Å². The molecule has 1 amide bonds. The van der Waals surface area contributed by atoms with Crippen LogP contribution < -0.4 is 10.3 Å². The molecule has 0 bridgehead atoms. The molecular formula is C20H26N4O3. The molecule has 1 saturated heterocycles. The van der Waals surface area contributed by atoms with Crippen molar-refractivity contribution in [1.29, 1.82) is 0 Å². The number of carbonyl (C=O) groups excluding carboxylic acids is 1. The number of nitrogens with zero attached hydrogens (tertiary/aromatic N) is 4. The SMILES string of the molecule is COc1cc(=O)n(-c2ccccc2C)nc1C(=O)N(C)C1CCN(C)CC1. The summed E-state index contributed by atoms with van der Waals surface area (Å²) in [7, 11) is 5.32. The quantitative estimate of drug-likeness (QED) is 0.820. The molecule has 1 aliphatic heterocycles. The Morgan fingerprint density at radius 2 is 1.93 bits per heavy atom. The molecule has 0 saturated carbocycles. The maximum atomic E-state index is 13.1. The molecule has 27 heavy (non-hydrogen) atoms. The number of amides is 1. The lowest BCUT2D eigenvalue weighted by atomic mass is 10.0. The monoisotopic (exact) mass is 370 g/mol. The van der Waals surface area contributed by atoms with Crippen LogP contribution in [0.5, 0.6) is 5.75 Å². The van der Waals surface area contributed by atoms with Crippen LogP contribution in [-0.2, 0) is 0 Å². The van der Waals surface area contributed by atoms with E-state index < -0.39 is 0 Å². The third-order valence-electron chi connectivity index (χ3n) is 5.22. The predicted molar refractivity (Wildman–Crippen MR) is 104 cm³/mol. The number of benzene rings is 1. The molecule has 144 valence electrons. The number of piperidine rings is 1. The molecular weight excluding hydrogens is 344 g/mol. The summed E-state index contributed by atoms with van der Waals surface area (Å²) in [6.07, 6.45) is 1.83. The van der Waals surface area contributed by atoms with Gasteiger partial charge in [-0.15, -0.1) is 0 Å². The summed E-state index contributed by atoms with van der Waals surface area (Å²) in [5.41, 5.74) is 1.38. The van der Waals surface area contributed by atoms with Crippen LogP contribution >= 0.6 is 0 Å². The zero-order valence-electron chi connectivity index (χ0n) is 16.3. The Balaban J connectivity index is 1.99. The normalized spacial score (nSPS) is 15.6. The summed E-state index contributed by atoms with van der Waals surface area (Å²) >= 11 is 0. The first kappa shape index (κ1) is 19.1. The molecule has 1 aromatic carbocycles. The number of hydrogen-bond donors (Lipinski definition) is 0. The summed E-state index contributed by atoms with van der Waals surface area (Å²) in [5, 5.41) is 4.38. The fourth-order valence-corrected chi connectivity index (χ4v) is 3.43. The van der Waals surface area contributed by atoms with Crippen LogP contribution in [0.2, 0.25) is 0 Å². The molecule has 1 aromatic heterocycles. The number of methoxy groups -OCH3 is 1. The minimum Gasteiger partial charge on any atom is -0.494 e. The highest BCUT2D eigenvalue weighted by Crippen LogP contribution is 2.21. The van der Waals surface area contributed by atoms with Crippen LogP contribution in [0.15, 0.2) is 35.1 Å². The van der Waals surface area contributed by atoms with Crippen molar-refractivity contribution in [3.8, 4) is 11.4 Å². The van der Waals surface area contributed by atoms with Crippen molar-refractivity contribution in [2.75, 3.05) is 34.3 Å². The first-order valence-corrected chi connectivity index (χ1v) is 9.12. The third kappa shape index (κ3) is 3.88. The van der Waals surface area contributed by atoms with Gasteiger partial charge in [0.15, 0.2) is 11.4 Å². The molecule has 3 rings (SSSR count). The Labute approximate surface area is 159 Å². The molecule has 0 aliphatic carbocycles. The van der Waals surface area contributed by atoms with Crippen molar-refractivity contribution in [1.82, 2.24) is 19.6 Å². The molecule has 0 spiro atoms. The summed E-state index contributed by atoms with van der Waals surface area (Å²) < 4.78 is 6.56. The van der Waals surface area contributed by atoms with Crippen molar-refractivity contribution < 1.29 is 9.53 Å². The van der Waals surface area contributed by atoms with Gasteiger partial charge in [0, 0.05) is 13.1 Å². The minimum absolute atomic E-state index is 0.152. The van der Waals surface area contributed by atoms with E-state index in [2.05, 4.69) is 17.0 Å². The van der Waals surface area contributed by atoms with Gasteiger partial charge in [-0.05, 0) is 51.5 Å². The van der Waals surface area contributed by atoms with Gasteiger partial charge in [0.2, 0.25) is 0 Å². The van der Waals surface area contributed by atoms with Crippen LogP contribution in [0.3, 0.4) is 0 Å². The Kier molecular flexibility index (Phi) is 5.60. The summed E-state index contributed by atoms with van der Waals surface area (Å²) in [5.74, 6) is -0.0293. The largest absolute Gasteiger partial charge is 0.494 e. The number of carbonyl (C=O) groups is 1. The topological polar surface area (TPSA) is 67.7 Å². The summed E-state index contributed by atoms with van der Waals surface area (Å²) in [6.45, 7) is 3.81. The van der Waals surface area contributed by atoms with Crippen molar-refractivity contribution >= 4 is 5.91 Å². The van der Waals surface area contributed by atoms with E-state index in [0.29, 0.717) is 5.69 Å². The molecule has 0 radical (unpaired) electrons. The van der Waals surface area contributed by atoms with E-state index in [1.165, 1.54) is 17.9 Å². The van der Waals surface area contributed by atoms with Gasteiger partial charge in [-0.3, -0.25) is 9.59 Å². The molecule has 2 heterocycles. The first-order chi connectivity index (χ1) is 12.9. The molecule has 2 aromatic rings. The molecule has 0 unspecified atom stereocenters. The fraction of sp³-hybridized carbons (Fsp3) is 0.450. The fourth-order valence-electron chi connectivity index (χ4n) is 3.43. The van der Waals surface area contributed by atoms with Gasteiger partial charge in [0.1, 0.15) is 0 Å². The Morgan fingerprint density at radius 1 is 1.26 bits per heavy atom. The Morgan fingerprint density at radius 3 is 2.56 bits per heavy atom. The Bertz CT molecular complexity index is 885. The predicted octanol–water partition coefficient (Wildman–Crippen LogP) is 1.72. The van der Waals surface area contributed by atoms with E-state index in [1.54, 1.807) is 11.9 Å². The minimum atomic E-state index is -0.334. The number of ether oxygens (including phenoxy) is 1. The van der Waals surface area contributed by atoms with Gasteiger partial charge >= 0.3 is 0 Å². The van der Waals surface area contributed by atoms with Crippen molar-refractivity contribution in [2.45, 2.75) is 25.8 Å². The highest BCUT2D eigenvalue weighted by Gasteiger charge is 2.28. The lowest BCUT2D eigenvalue weighted by Gasteiger charge is -2.35. The lowest BCUT2D eigenvalue weighted by Crippen LogP contribution is -2.45. The first-order valence-electron chi connectivity index (χ1n) is 9.12. The average molecular weight is 370 g/mol. The lowest BCUT2D eigenvalue weighted by molar-refractivity contribution is 0.0648. The van der Waals surface area contributed by atoms with E-state index in [-0.39, 0.29) is 29.0 Å². The smallest absolute Gasteiger partial charge is 0.278 e. The summed E-state index contributed by atoms with van der Waals surface area (Å²) in [6, 6.07) is 8.93. The third-order valence-corrected chi connectivity index (χ3v) is 5.22. The van der Waals surface area contributed by atoms with Gasteiger partial charge < -0.3 is 14.5 Å². The number of aromatic nitrogens is 2. The van der Waals surface area contributed by atoms with E-state index >= 15 is 0 Å². The van der Waals surface area contributed by atoms with Crippen molar-refractivity contribution in [3.63, 3.8) is 0 Å². The van der Waals surface area contributed by atoms with E-state index in [0.717, 1.165) is 31.5 Å². The number of likely N-dealkylation sites (tertiary alicyclic amines) is 1. The molecule has 1 fully saturated rings. The maximum Gasteiger partial charge on any atom is 0.278 e. The second kappa shape index (κ2) is 7.92. The van der Waals surface area contributed by atoms with Crippen LogP contribution in [0.1, 0.15) is 28.9 Å². The zero-order valence-corrected chi connectivity index (χ0v) is 16.3. The molecule has 1 aliphatic rings. The van der Waals surface area contributed by atoms with Crippen LogP contribution in [0.25, 0.3) is 5.69 Å².